The number of hydrogen-bond donors (Lipinski definition) is 2. The molecule has 0 atom stereocenters. The van der Waals surface area contributed by atoms with Crippen LogP contribution in [0.2, 0.25) is 10.0 Å². The maximum absolute atomic E-state index is 11.3. The van der Waals surface area contributed by atoms with E-state index in [1.54, 1.807) is 36.4 Å². The van der Waals surface area contributed by atoms with Crippen LogP contribution in [-0.4, -0.2) is 37.5 Å². The van der Waals surface area contributed by atoms with E-state index in [4.69, 9.17) is 37.6 Å². The summed E-state index contributed by atoms with van der Waals surface area (Å²) >= 11 is 13.9. The van der Waals surface area contributed by atoms with E-state index in [0.717, 1.165) is 16.8 Å². The van der Waals surface area contributed by atoms with Gasteiger partial charge >= 0.3 is 11.9 Å². The monoisotopic (exact) mass is 658 g/mol. The molecule has 0 bridgehead atoms. The van der Waals surface area contributed by atoms with Crippen molar-refractivity contribution in [1.82, 2.24) is 15.4 Å². The van der Waals surface area contributed by atoms with Crippen LogP contribution in [0.3, 0.4) is 0 Å². The maximum atomic E-state index is 11.3. The van der Waals surface area contributed by atoms with Crippen molar-refractivity contribution in [2.24, 2.45) is 0 Å². The molecule has 0 aliphatic carbocycles. The molecule has 13 heteroatoms. The lowest BCUT2D eigenvalue weighted by Crippen LogP contribution is -2.16. The molecule has 0 aliphatic heterocycles. The van der Waals surface area contributed by atoms with Crippen LogP contribution in [0.15, 0.2) is 102 Å². The van der Waals surface area contributed by atoms with E-state index < -0.39 is 11.9 Å². The number of aromatic nitrogens is 3. The Kier molecular flexibility index (Phi) is 8.47. The summed E-state index contributed by atoms with van der Waals surface area (Å²) in [5, 5.41) is 32.9. The Morgan fingerprint density at radius 2 is 1.56 bits per heavy atom. The predicted octanol–water partition coefficient (Wildman–Crippen LogP) is 8.69. The smallest absolute Gasteiger partial charge is 0.358 e. The lowest BCUT2D eigenvalue weighted by molar-refractivity contribution is 0.0679. The number of anilines is 2. The quantitative estimate of drug-likeness (QED) is 0.147. The average Bonchev–Trinajstić information content (AvgIpc) is 3.73. The molecule has 6 rings (SSSR count). The van der Waals surface area contributed by atoms with E-state index in [2.05, 4.69) is 15.4 Å². The lowest BCUT2D eigenvalue weighted by Gasteiger charge is -2.22. The van der Waals surface area contributed by atoms with E-state index in [1.165, 1.54) is 29.5 Å². The van der Waals surface area contributed by atoms with Gasteiger partial charge in [-0.25, -0.2) is 9.59 Å². The fourth-order valence-electron chi connectivity index (χ4n) is 4.35. The highest BCUT2D eigenvalue weighted by Gasteiger charge is 2.19. The van der Waals surface area contributed by atoms with Gasteiger partial charge in [-0.2, -0.15) is 0 Å². The summed E-state index contributed by atoms with van der Waals surface area (Å²) in [7, 11) is 0. The van der Waals surface area contributed by atoms with Gasteiger partial charge in [0.25, 0.3) is 0 Å². The van der Waals surface area contributed by atoms with Gasteiger partial charge in [-0.15, -0.1) is 10.2 Å². The number of carbonyl (C=O) groups is 2. The topological polar surface area (TPSA) is 139 Å². The first-order chi connectivity index (χ1) is 21.7. The molecule has 0 saturated heterocycles. The molecule has 6 aromatic rings. The van der Waals surface area contributed by atoms with E-state index >= 15 is 0 Å². The third-order valence-electron chi connectivity index (χ3n) is 6.57. The van der Waals surface area contributed by atoms with E-state index in [9.17, 15) is 14.7 Å². The summed E-state index contributed by atoms with van der Waals surface area (Å²) < 4.78 is 11.1. The second-order valence-corrected chi connectivity index (χ2v) is 11.4. The number of aromatic carboxylic acids is 2. The Balaban J connectivity index is 1.27. The summed E-state index contributed by atoms with van der Waals surface area (Å²) in [6, 6.07) is 27.6. The van der Waals surface area contributed by atoms with Crippen LogP contribution in [-0.2, 0) is 6.54 Å². The molecule has 0 radical (unpaired) electrons. The van der Waals surface area contributed by atoms with Gasteiger partial charge in [-0.3, -0.25) is 0 Å². The minimum Gasteiger partial charge on any atom is -0.478 e. The van der Waals surface area contributed by atoms with Crippen molar-refractivity contribution in [3.8, 4) is 33.4 Å². The summed E-state index contributed by atoms with van der Waals surface area (Å²) in [5.41, 5.74) is 3.05. The summed E-state index contributed by atoms with van der Waals surface area (Å²) in [6.07, 6.45) is 0. The maximum Gasteiger partial charge on any atom is 0.358 e. The minimum atomic E-state index is -1.17. The van der Waals surface area contributed by atoms with Crippen LogP contribution >= 0.6 is 34.5 Å². The van der Waals surface area contributed by atoms with Gasteiger partial charge in [0, 0.05) is 22.9 Å². The third kappa shape index (κ3) is 6.80. The second kappa shape index (κ2) is 12.8. The summed E-state index contributed by atoms with van der Waals surface area (Å²) in [4.78, 5) is 24.5. The largest absolute Gasteiger partial charge is 0.478 e. The Morgan fingerprint density at radius 3 is 2.27 bits per heavy atom. The number of nitrogens with zero attached hydrogens (tertiary/aromatic N) is 4. The first-order valence-electron chi connectivity index (χ1n) is 13.2. The van der Waals surface area contributed by atoms with Crippen molar-refractivity contribution < 1.29 is 29.1 Å². The summed E-state index contributed by atoms with van der Waals surface area (Å²) in [6.45, 7) is 0.396. The molecule has 45 heavy (non-hydrogen) atoms. The second-order valence-electron chi connectivity index (χ2n) is 9.62. The van der Waals surface area contributed by atoms with E-state index in [1.807, 2.05) is 47.4 Å². The number of halogens is 2. The number of ether oxygens (including phenoxy) is 1. The number of hydrogen-bond acceptors (Lipinski definition) is 9. The van der Waals surface area contributed by atoms with Crippen LogP contribution in [0.25, 0.3) is 21.9 Å². The molecule has 0 saturated carbocycles. The molecule has 0 unspecified atom stereocenters. The molecule has 224 valence electrons. The fraction of sp³-hybridized carbons (Fsp3) is 0.0312. The van der Waals surface area contributed by atoms with Gasteiger partial charge in [0.2, 0.25) is 5.13 Å². The van der Waals surface area contributed by atoms with Gasteiger partial charge in [-0.1, -0.05) is 82.2 Å². The molecule has 0 fully saturated rings. The third-order valence-corrected chi connectivity index (χ3v) is 8.30. The van der Waals surface area contributed by atoms with Crippen molar-refractivity contribution in [3.63, 3.8) is 0 Å². The zero-order valence-corrected chi connectivity index (χ0v) is 25.3. The fourth-order valence-corrected chi connectivity index (χ4v) is 5.51. The highest BCUT2D eigenvalue weighted by molar-refractivity contribution is 7.18. The molecule has 0 spiro atoms. The van der Waals surface area contributed by atoms with Gasteiger partial charge in [0.05, 0.1) is 22.2 Å². The summed E-state index contributed by atoms with van der Waals surface area (Å²) in [5.74, 6) is -0.958. The Morgan fingerprint density at radius 1 is 0.800 bits per heavy atom. The Hall–Kier alpha value is -5.23. The zero-order chi connectivity index (χ0) is 31.5. The first-order valence-corrected chi connectivity index (χ1v) is 14.8. The first kappa shape index (κ1) is 29.8. The van der Waals surface area contributed by atoms with E-state index in [0.29, 0.717) is 49.6 Å². The molecule has 2 N–H and O–H groups in total. The van der Waals surface area contributed by atoms with Crippen molar-refractivity contribution in [3.05, 3.63) is 124 Å². The van der Waals surface area contributed by atoms with Gasteiger partial charge in [0.15, 0.2) is 11.5 Å². The lowest BCUT2D eigenvalue weighted by atomic mass is 10.1. The van der Waals surface area contributed by atoms with Gasteiger partial charge in [0.1, 0.15) is 16.5 Å². The van der Waals surface area contributed by atoms with Crippen molar-refractivity contribution >= 4 is 57.3 Å². The number of carboxylic acid groups (broad SMARTS) is 2. The molecule has 0 amide bonds. The van der Waals surface area contributed by atoms with Crippen LogP contribution < -0.4 is 9.64 Å². The number of rotatable bonds is 10. The predicted molar refractivity (Wildman–Crippen MR) is 170 cm³/mol. The molecule has 10 nitrogen and oxygen atoms in total. The van der Waals surface area contributed by atoms with Crippen LogP contribution in [0.5, 0.6) is 11.5 Å². The molecular formula is C32H20Cl2N4O6S. The number of benzene rings is 4. The SMILES string of the molecule is O=C(O)c1cccc(Oc2cccc(-c3nnc(N(Cc4ccc(-c5cc(C(=O)O)no5)cc4)c4ccc(Cl)c(Cl)c4)s3)c2)c1. The average molecular weight is 660 g/mol. The Labute approximate surface area is 269 Å². The van der Waals surface area contributed by atoms with Crippen molar-refractivity contribution in [2.75, 3.05) is 4.90 Å². The molecule has 4 aromatic carbocycles. The van der Waals surface area contributed by atoms with Gasteiger partial charge in [-0.05, 0) is 54.1 Å². The molecule has 2 heterocycles. The highest BCUT2D eigenvalue weighted by atomic mass is 35.5. The molecular weight excluding hydrogens is 639 g/mol. The highest BCUT2D eigenvalue weighted by Crippen LogP contribution is 2.38. The zero-order valence-electron chi connectivity index (χ0n) is 22.9. The number of carboxylic acids is 2. The standard InChI is InChI=1S/C32H20Cl2N4O6S/c33-25-12-11-22(15-26(25)34)38(17-18-7-9-19(10-8-18)28-16-27(31(41)42)37-44-28)32-36-35-29(45-32)20-3-1-5-23(13-20)43-24-6-2-4-21(14-24)30(39)40/h1-16H,17H2,(H,39,40)(H,41,42). The van der Waals surface area contributed by atoms with Crippen molar-refractivity contribution in [2.45, 2.75) is 6.54 Å². The van der Waals surface area contributed by atoms with Crippen LogP contribution in [0.4, 0.5) is 10.8 Å². The molecule has 0 aliphatic rings. The van der Waals surface area contributed by atoms with E-state index in [-0.39, 0.29) is 11.3 Å². The minimum absolute atomic E-state index is 0.125. The van der Waals surface area contributed by atoms with Crippen LogP contribution in [0.1, 0.15) is 26.4 Å². The van der Waals surface area contributed by atoms with Crippen molar-refractivity contribution in [1.29, 1.82) is 0 Å². The molecule has 2 aromatic heterocycles. The normalized spacial score (nSPS) is 10.9. The Bertz CT molecular complexity index is 2030. The van der Waals surface area contributed by atoms with Crippen LogP contribution in [0, 0.1) is 0 Å². The van der Waals surface area contributed by atoms with Gasteiger partial charge < -0.3 is 24.4 Å².